The monoisotopic (exact) mass is 235 g/mol. The molecule has 1 rings (SSSR count). The molecule has 1 aromatic rings. The molecule has 1 aromatic heterocycles. The van der Waals surface area contributed by atoms with Gasteiger partial charge in [-0.1, -0.05) is 13.3 Å². The molecule has 1 atom stereocenters. The van der Waals surface area contributed by atoms with Crippen molar-refractivity contribution >= 4 is 5.91 Å². The van der Waals surface area contributed by atoms with Gasteiger partial charge < -0.3 is 11.1 Å². The Morgan fingerprint density at radius 3 is 3.00 bits per heavy atom. The van der Waals surface area contributed by atoms with Crippen LogP contribution in [0.5, 0.6) is 0 Å². The van der Waals surface area contributed by atoms with E-state index in [2.05, 4.69) is 17.2 Å². The summed E-state index contributed by atoms with van der Waals surface area (Å²) in [4.78, 5) is 15.6. The summed E-state index contributed by atoms with van der Waals surface area (Å²) < 4.78 is 0. The van der Waals surface area contributed by atoms with E-state index in [1.54, 1.807) is 12.4 Å². The summed E-state index contributed by atoms with van der Waals surface area (Å²) in [6, 6.07) is 1.90. The maximum Gasteiger partial charge on any atom is 0.221 e. The maximum absolute atomic E-state index is 11.6. The fourth-order valence-corrected chi connectivity index (χ4v) is 1.66. The molecule has 0 radical (unpaired) electrons. The molecule has 0 saturated carbocycles. The van der Waals surface area contributed by atoms with Crippen LogP contribution in [0, 0.1) is 6.92 Å². The molecule has 0 spiro atoms. The second-order valence-electron chi connectivity index (χ2n) is 4.33. The van der Waals surface area contributed by atoms with Crippen LogP contribution < -0.4 is 11.1 Å². The minimum atomic E-state index is -0.0324. The Morgan fingerprint density at radius 2 is 2.35 bits per heavy atom. The van der Waals surface area contributed by atoms with Crippen molar-refractivity contribution in [1.82, 2.24) is 10.3 Å². The van der Waals surface area contributed by atoms with E-state index in [0.29, 0.717) is 13.0 Å². The molecule has 0 aliphatic carbocycles. The predicted octanol–water partition coefficient (Wildman–Crippen LogP) is 1.52. The second kappa shape index (κ2) is 7.01. The van der Waals surface area contributed by atoms with Crippen LogP contribution in [-0.4, -0.2) is 16.9 Å². The summed E-state index contributed by atoms with van der Waals surface area (Å²) in [7, 11) is 0. The topological polar surface area (TPSA) is 68.0 Å². The first-order chi connectivity index (χ1) is 8.13. The molecular weight excluding hydrogens is 214 g/mol. The summed E-state index contributed by atoms with van der Waals surface area (Å²) in [5.41, 5.74) is 7.99. The van der Waals surface area contributed by atoms with Crippen LogP contribution in [0.4, 0.5) is 0 Å². The molecule has 0 fully saturated rings. The number of pyridine rings is 1. The number of hydrogen-bond acceptors (Lipinski definition) is 3. The van der Waals surface area contributed by atoms with Gasteiger partial charge in [-0.25, -0.2) is 0 Å². The fraction of sp³-hybridized carbons (Fsp3) is 0.538. The lowest BCUT2D eigenvalue weighted by Crippen LogP contribution is -2.31. The minimum Gasteiger partial charge on any atom is -0.352 e. The second-order valence-corrected chi connectivity index (χ2v) is 4.33. The van der Waals surface area contributed by atoms with Crippen molar-refractivity contribution in [3.63, 3.8) is 0 Å². The third-order valence-corrected chi connectivity index (χ3v) is 2.73. The van der Waals surface area contributed by atoms with Crippen molar-refractivity contribution < 1.29 is 4.79 Å². The van der Waals surface area contributed by atoms with Crippen LogP contribution in [0.2, 0.25) is 0 Å². The van der Waals surface area contributed by atoms with Crippen molar-refractivity contribution in [2.24, 2.45) is 5.73 Å². The first kappa shape index (κ1) is 13.6. The van der Waals surface area contributed by atoms with Crippen molar-refractivity contribution in [3.05, 3.63) is 29.6 Å². The fourth-order valence-electron chi connectivity index (χ4n) is 1.66. The zero-order valence-electron chi connectivity index (χ0n) is 10.6. The molecular formula is C13H21N3O. The molecule has 0 aliphatic rings. The van der Waals surface area contributed by atoms with Crippen molar-refractivity contribution in [2.45, 2.75) is 45.7 Å². The summed E-state index contributed by atoms with van der Waals surface area (Å²) >= 11 is 0. The molecule has 17 heavy (non-hydrogen) atoms. The Morgan fingerprint density at radius 1 is 1.59 bits per heavy atom. The number of nitrogens with zero attached hydrogens (tertiary/aromatic N) is 1. The van der Waals surface area contributed by atoms with Gasteiger partial charge in [0.05, 0.1) is 0 Å². The summed E-state index contributed by atoms with van der Waals surface area (Å²) in [6.07, 6.45) is 5.82. The highest BCUT2D eigenvalue weighted by atomic mass is 16.1. The molecule has 3 N–H and O–H groups in total. The van der Waals surface area contributed by atoms with E-state index >= 15 is 0 Å². The number of nitrogens with two attached hydrogens (primary N) is 1. The van der Waals surface area contributed by atoms with Gasteiger partial charge in [0.2, 0.25) is 5.91 Å². The molecule has 0 aromatic carbocycles. The first-order valence-corrected chi connectivity index (χ1v) is 6.05. The van der Waals surface area contributed by atoms with Crippen LogP contribution in [0.3, 0.4) is 0 Å². The Hall–Kier alpha value is -1.42. The average molecular weight is 235 g/mol. The molecule has 1 heterocycles. The van der Waals surface area contributed by atoms with E-state index in [1.807, 2.05) is 13.0 Å². The highest BCUT2D eigenvalue weighted by Crippen LogP contribution is 2.04. The zero-order chi connectivity index (χ0) is 12.7. The van der Waals surface area contributed by atoms with Crippen LogP contribution in [0.1, 0.15) is 37.3 Å². The van der Waals surface area contributed by atoms with Gasteiger partial charge in [-0.05, 0) is 30.5 Å². The number of carbonyl (C=O) groups excluding carboxylic acids is 1. The molecule has 4 heteroatoms. The van der Waals surface area contributed by atoms with Gasteiger partial charge in [-0.3, -0.25) is 9.78 Å². The lowest BCUT2D eigenvalue weighted by molar-refractivity contribution is -0.121. The number of aromatic nitrogens is 1. The van der Waals surface area contributed by atoms with Gasteiger partial charge in [0.1, 0.15) is 0 Å². The number of amides is 1. The number of aryl methyl sites for hydroxylation is 1. The van der Waals surface area contributed by atoms with Crippen LogP contribution in [0.25, 0.3) is 0 Å². The quantitative estimate of drug-likeness (QED) is 0.785. The van der Waals surface area contributed by atoms with Gasteiger partial charge in [-0.15, -0.1) is 0 Å². The van der Waals surface area contributed by atoms with Crippen molar-refractivity contribution in [1.29, 1.82) is 0 Å². The van der Waals surface area contributed by atoms with Gasteiger partial charge in [0.25, 0.3) is 0 Å². The van der Waals surface area contributed by atoms with E-state index < -0.39 is 0 Å². The molecule has 1 unspecified atom stereocenters. The van der Waals surface area contributed by atoms with E-state index in [1.165, 1.54) is 0 Å². The van der Waals surface area contributed by atoms with Crippen molar-refractivity contribution in [3.8, 4) is 0 Å². The van der Waals surface area contributed by atoms with Crippen LogP contribution in [-0.2, 0) is 11.3 Å². The number of nitrogens with one attached hydrogen (secondary N) is 1. The summed E-state index contributed by atoms with van der Waals surface area (Å²) in [5, 5.41) is 2.87. The zero-order valence-corrected chi connectivity index (χ0v) is 10.6. The predicted molar refractivity (Wildman–Crippen MR) is 68.3 cm³/mol. The van der Waals surface area contributed by atoms with Crippen LogP contribution in [0.15, 0.2) is 18.5 Å². The van der Waals surface area contributed by atoms with Gasteiger partial charge in [-0.2, -0.15) is 0 Å². The average Bonchev–Trinajstić information content (AvgIpc) is 2.28. The van der Waals surface area contributed by atoms with E-state index in [9.17, 15) is 4.79 Å². The van der Waals surface area contributed by atoms with Gasteiger partial charge >= 0.3 is 0 Å². The lowest BCUT2D eigenvalue weighted by Gasteiger charge is -2.11. The molecule has 0 saturated heterocycles. The molecule has 0 aliphatic heterocycles. The summed E-state index contributed by atoms with van der Waals surface area (Å²) in [6.45, 7) is 4.60. The molecule has 94 valence electrons. The maximum atomic E-state index is 11.6. The standard InChI is InChI=1S/C13H21N3O/c1-3-4-12(14)7-13(17)16-9-11-8-15-6-5-10(11)2/h5-6,8,12H,3-4,7,9,14H2,1-2H3,(H,16,17). The Labute approximate surface area is 103 Å². The van der Waals surface area contributed by atoms with Crippen molar-refractivity contribution in [2.75, 3.05) is 0 Å². The Balaban J connectivity index is 2.36. The van der Waals surface area contributed by atoms with E-state index in [4.69, 9.17) is 5.73 Å². The molecule has 4 nitrogen and oxygen atoms in total. The molecule has 0 bridgehead atoms. The van der Waals surface area contributed by atoms with Crippen LogP contribution >= 0.6 is 0 Å². The number of hydrogen-bond donors (Lipinski definition) is 2. The Bertz CT molecular complexity index is 365. The minimum absolute atomic E-state index is 0.00852. The SMILES string of the molecule is CCCC(N)CC(=O)NCc1cnccc1C. The molecule has 1 amide bonds. The summed E-state index contributed by atoms with van der Waals surface area (Å²) in [5.74, 6) is 0.00852. The highest BCUT2D eigenvalue weighted by Gasteiger charge is 2.08. The first-order valence-electron chi connectivity index (χ1n) is 6.05. The van der Waals surface area contributed by atoms with E-state index in [0.717, 1.165) is 24.0 Å². The smallest absolute Gasteiger partial charge is 0.221 e. The lowest BCUT2D eigenvalue weighted by atomic mass is 10.1. The Kier molecular flexibility index (Phi) is 5.63. The number of carbonyl (C=O) groups is 1. The third kappa shape index (κ3) is 4.95. The van der Waals surface area contributed by atoms with Gasteiger partial charge in [0, 0.05) is 31.4 Å². The van der Waals surface area contributed by atoms with Gasteiger partial charge in [0.15, 0.2) is 0 Å². The number of rotatable bonds is 6. The third-order valence-electron chi connectivity index (χ3n) is 2.73. The largest absolute Gasteiger partial charge is 0.352 e. The van der Waals surface area contributed by atoms with E-state index in [-0.39, 0.29) is 11.9 Å². The normalized spacial score (nSPS) is 12.2. The highest BCUT2D eigenvalue weighted by molar-refractivity contribution is 5.76.